The Kier molecular flexibility index (Phi) is 6.47. The van der Waals surface area contributed by atoms with Gasteiger partial charge in [0.2, 0.25) is 0 Å². The molecule has 0 aliphatic carbocycles. The molecule has 0 unspecified atom stereocenters. The number of phenols is 1. The van der Waals surface area contributed by atoms with Crippen LogP contribution in [0.25, 0.3) is 10.8 Å². The summed E-state index contributed by atoms with van der Waals surface area (Å²) in [6.07, 6.45) is 3.45. The number of rotatable bonds is 7. The third-order valence-corrected chi connectivity index (χ3v) is 7.24. The van der Waals surface area contributed by atoms with Crippen molar-refractivity contribution in [2.24, 2.45) is 0 Å². The van der Waals surface area contributed by atoms with Crippen molar-refractivity contribution < 1.29 is 23.1 Å². The Labute approximate surface area is 193 Å². The molecule has 0 bridgehead atoms. The van der Waals surface area contributed by atoms with Crippen molar-refractivity contribution in [2.45, 2.75) is 44.4 Å². The van der Waals surface area contributed by atoms with Crippen LogP contribution in [0, 0.1) is 6.92 Å². The number of phenolic OH excluding ortho intramolecular Hbond substituents is 1. The molecule has 8 heteroatoms. The first-order chi connectivity index (χ1) is 15.8. The second-order valence-electron chi connectivity index (χ2n) is 8.27. The number of ether oxygens (including phenoxy) is 1. The molecule has 174 valence electrons. The van der Waals surface area contributed by atoms with Gasteiger partial charge in [-0.05, 0) is 60.9 Å². The van der Waals surface area contributed by atoms with Crippen LogP contribution < -0.4 is 10.0 Å². The van der Waals surface area contributed by atoms with Crippen LogP contribution in [0.4, 0.5) is 11.4 Å². The minimum Gasteiger partial charge on any atom is -0.507 e. The highest BCUT2D eigenvalue weighted by atomic mass is 32.2. The summed E-state index contributed by atoms with van der Waals surface area (Å²) >= 11 is 0. The molecule has 0 fully saturated rings. The Morgan fingerprint density at radius 3 is 2.82 bits per heavy atom. The lowest BCUT2D eigenvalue weighted by Gasteiger charge is -2.22. The first-order valence-electron chi connectivity index (χ1n) is 11.1. The van der Waals surface area contributed by atoms with Gasteiger partial charge in [-0.25, -0.2) is 13.2 Å². The molecule has 0 aromatic heterocycles. The van der Waals surface area contributed by atoms with E-state index in [1.165, 1.54) is 12.1 Å². The first-order valence-corrected chi connectivity index (χ1v) is 12.6. The number of anilines is 2. The average Bonchev–Trinajstić information content (AvgIpc) is 2.80. The predicted molar refractivity (Wildman–Crippen MR) is 130 cm³/mol. The maximum atomic E-state index is 13.5. The summed E-state index contributed by atoms with van der Waals surface area (Å²) in [6, 6.07) is 12.0. The van der Waals surface area contributed by atoms with E-state index in [0.717, 1.165) is 42.4 Å². The van der Waals surface area contributed by atoms with E-state index >= 15 is 0 Å². The van der Waals surface area contributed by atoms with E-state index < -0.39 is 16.0 Å². The number of carbonyl (C=O) groups excluding carboxylic acids is 1. The maximum absolute atomic E-state index is 13.5. The number of nitrogens with one attached hydrogen (secondary N) is 2. The van der Waals surface area contributed by atoms with Crippen molar-refractivity contribution in [3.63, 3.8) is 0 Å². The van der Waals surface area contributed by atoms with Crippen LogP contribution in [0.2, 0.25) is 0 Å². The van der Waals surface area contributed by atoms with E-state index in [1.807, 2.05) is 25.1 Å². The molecule has 3 N–H and O–H groups in total. The number of fused-ring (bicyclic) bond motifs is 3. The lowest BCUT2D eigenvalue weighted by molar-refractivity contribution is 0.0496. The van der Waals surface area contributed by atoms with E-state index in [0.29, 0.717) is 17.4 Å². The minimum atomic E-state index is -3.99. The van der Waals surface area contributed by atoms with E-state index in [4.69, 9.17) is 4.74 Å². The number of sulfonamides is 1. The maximum Gasteiger partial charge on any atom is 0.341 e. The molecule has 3 aromatic rings. The standard InChI is InChI=1S/C25H28N2O5S/c1-3-4-13-32-25(29)20-15-19(14-16(2)24(20)28)27-33(30,31)21-9-5-7-17-10-11-18-8-6-12-26-23(18)22(17)21/h5,7,9-11,14-15,26-28H,3-4,6,8,12-13H2,1-2H3. The Morgan fingerprint density at radius 1 is 1.21 bits per heavy atom. The fourth-order valence-corrected chi connectivity index (χ4v) is 5.39. The van der Waals surface area contributed by atoms with Crippen molar-refractivity contribution in [2.75, 3.05) is 23.2 Å². The Balaban J connectivity index is 1.73. The Hall–Kier alpha value is -3.26. The van der Waals surface area contributed by atoms with E-state index in [9.17, 15) is 18.3 Å². The largest absolute Gasteiger partial charge is 0.507 e. The molecule has 1 aliphatic rings. The monoisotopic (exact) mass is 468 g/mol. The van der Waals surface area contributed by atoms with Gasteiger partial charge >= 0.3 is 5.97 Å². The van der Waals surface area contributed by atoms with Gasteiger partial charge in [-0.2, -0.15) is 0 Å². The Bertz CT molecular complexity index is 1320. The number of benzene rings is 3. The molecule has 0 atom stereocenters. The van der Waals surface area contributed by atoms with E-state index in [2.05, 4.69) is 10.0 Å². The SMILES string of the molecule is CCCCOC(=O)c1cc(NS(=O)(=O)c2cccc3ccc4c(c23)NCCC4)cc(C)c1O. The van der Waals surface area contributed by atoms with Crippen molar-refractivity contribution in [3.05, 3.63) is 59.2 Å². The summed E-state index contributed by atoms with van der Waals surface area (Å²) in [6.45, 7) is 4.60. The third kappa shape index (κ3) is 4.61. The quantitative estimate of drug-likeness (QED) is 0.257. The van der Waals surface area contributed by atoms with Crippen molar-refractivity contribution in [3.8, 4) is 5.75 Å². The summed E-state index contributed by atoms with van der Waals surface area (Å²) in [7, 11) is -3.99. The second kappa shape index (κ2) is 9.31. The minimum absolute atomic E-state index is 0.0687. The van der Waals surface area contributed by atoms with Crippen LogP contribution in [0.3, 0.4) is 0 Å². The molecule has 0 spiro atoms. The summed E-state index contributed by atoms with van der Waals surface area (Å²) in [5.41, 5.74) is 2.42. The molecule has 0 saturated heterocycles. The number of aromatic hydroxyl groups is 1. The zero-order chi connectivity index (χ0) is 23.6. The summed E-state index contributed by atoms with van der Waals surface area (Å²) < 4.78 is 34.7. The van der Waals surface area contributed by atoms with Gasteiger partial charge in [0.05, 0.1) is 17.2 Å². The van der Waals surface area contributed by atoms with Crippen LogP contribution in [0.1, 0.15) is 47.7 Å². The predicted octanol–water partition coefficient (Wildman–Crippen LogP) is 4.97. The number of aryl methyl sites for hydroxylation is 2. The summed E-state index contributed by atoms with van der Waals surface area (Å²) in [5.74, 6) is -0.906. The molecule has 0 radical (unpaired) electrons. The Morgan fingerprint density at radius 2 is 2.03 bits per heavy atom. The molecule has 33 heavy (non-hydrogen) atoms. The van der Waals surface area contributed by atoms with Crippen molar-refractivity contribution >= 4 is 38.1 Å². The molecule has 4 rings (SSSR count). The van der Waals surface area contributed by atoms with Gasteiger partial charge in [-0.1, -0.05) is 37.6 Å². The zero-order valence-electron chi connectivity index (χ0n) is 18.8. The molecule has 0 saturated carbocycles. The fraction of sp³-hybridized carbons (Fsp3) is 0.320. The number of unbranched alkanes of at least 4 members (excludes halogenated alkanes) is 1. The highest BCUT2D eigenvalue weighted by Gasteiger charge is 2.24. The molecule has 0 amide bonds. The van der Waals surface area contributed by atoms with Gasteiger partial charge in [0.15, 0.2) is 0 Å². The van der Waals surface area contributed by atoms with Crippen LogP contribution in [0.5, 0.6) is 5.75 Å². The van der Waals surface area contributed by atoms with E-state index in [1.54, 1.807) is 19.1 Å². The lowest BCUT2D eigenvalue weighted by atomic mass is 9.98. The average molecular weight is 469 g/mol. The van der Waals surface area contributed by atoms with Gasteiger partial charge in [-0.15, -0.1) is 0 Å². The number of esters is 1. The third-order valence-electron chi connectivity index (χ3n) is 5.81. The normalized spacial score (nSPS) is 13.3. The topological polar surface area (TPSA) is 105 Å². The van der Waals surface area contributed by atoms with Gasteiger partial charge < -0.3 is 15.2 Å². The molecule has 7 nitrogen and oxygen atoms in total. The van der Waals surface area contributed by atoms with Crippen LogP contribution in [0.15, 0.2) is 47.4 Å². The van der Waals surface area contributed by atoms with Gasteiger partial charge in [0.25, 0.3) is 10.0 Å². The smallest absolute Gasteiger partial charge is 0.341 e. The van der Waals surface area contributed by atoms with Crippen LogP contribution >= 0.6 is 0 Å². The lowest BCUT2D eigenvalue weighted by Crippen LogP contribution is -2.17. The number of hydrogen-bond acceptors (Lipinski definition) is 6. The summed E-state index contributed by atoms with van der Waals surface area (Å²) in [4.78, 5) is 12.6. The molecular formula is C25H28N2O5S. The van der Waals surface area contributed by atoms with Gasteiger partial charge in [-0.3, -0.25) is 4.72 Å². The highest BCUT2D eigenvalue weighted by Crippen LogP contribution is 2.36. The number of hydrogen-bond donors (Lipinski definition) is 3. The second-order valence-corrected chi connectivity index (χ2v) is 9.92. The molecule has 1 heterocycles. The van der Waals surface area contributed by atoms with E-state index in [-0.39, 0.29) is 28.5 Å². The molecule has 1 aliphatic heterocycles. The van der Waals surface area contributed by atoms with Crippen molar-refractivity contribution in [1.82, 2.24) is 0 Å². The van der Waals surface area contributed by atoms with Crippen LogP contribution in [-0.2, 0) is 21.2 Å². The van der Waals surface area contributed by atoms with Gasteiger partial charge in [0.1, 0.15) is 11.3 Å². The zero-order valence-corrected chi connectivity index (χ0v) is 19.6. The van der Waals surface area contributed by atoms with Crippen LogP contribution in [-0.4, -0.2) is 32.6 Å². The number of carbonyl (C=O) groups is 1. The molecular weight excluding hydrogens is 440 g/mol. The molecule has 3 aromatic carbocycles. The van der Waals surface area contributed by atoms with Crippen molar-refractivity contribution in [1.29, 1.82) is 0 Å². The van der Waals surface area contributed by atoms with Gasteiger partial charge in [0, 0.05) is 17.6 Å². The fourth-order valence-electron chi connectivity index (χ4n) is 4.11. The highest BCUT2D eigenvalue weighted by molar-refractivity contribution is 7.93. The first kappa shape index (κ1) is 22.9. The summed E-state index contributed by atoms with van der Waals surface area (Å²) in [5, 5.41) is 15.2.